The van der Waals surface area contributed by atoms with Crippen LogP contribution in [0, 0.1) is 10.1 Å². The number of nitro benzene ring substituents is 1. The highest BCUT2D eigenvalue weighted by molar-refractivity contribution is 7.98. The minimum absolute atomic E-state index is 0.0645. The number of ether oxygens (including phenoxy) is 1. The molecule has 0 saturated heterocycles. The van der Waals surface area contributed by atoms with E-state index in [2.05, 4.69) is 21.7 Å². The molecule has 1 unspecified atom stereocenters. The van der Waals surface area contributed by atoms with Crippen molar-refractivity contribution in [3.8, 4) is 5.75 Å². The third kappa shape index (κ3) is 6.98. The summed E-state index contributed by atoms with van der Waals surface area (Å²) in [6.45, 7) is 2.68. The van der Waals surface area contributed by atoms with E-state index in [1.165, 1.54) is 23.9 Å². The van der Waals surface area contributed by atoms with Gasteiger partial charge in [-0.15, -0.1) is 10.2 Å². The number of rotatable bonds is 13. The number of benzene rings is 3. The largest absolute Gasteiger partial charge is 0.478 e. The van der Waals surface area contributed by atoms with Crippen molar-refractivity contribution in [2.24, 2.45) is 0 Å². The fourth-order valence-corrected chi connectivity index (χ4v) is 4.76. The Morgan fingerprint density at radius 1 is 1.03 bits per heavy atom. The van der Waals surface area contributed by atoms with Gasteiger partial charge in [-0.2, -0.15) is 0 Å². The Morgan fingerprint density at radius 2 is 1.71 bits per heavy atom. The van der Waals surface area contributed by atoms with E-state index in [0.717, 1.165) is 41.4 Å². The smallest absolute Gasteiger partial charge is 0.349 e. The van der Waals surface area contributed by atoms with Crippen LogP contribution in [0.2, 0.25) is 0 Å². The molecule has 0 aliphatic heterocycles. The van der Waals surface area contributed by atoms with Crippen molar-refractivity contribution < 1.29 is 19.6 Å². The second-order valence-corrected chi connectivity index (χ2v) is 9.63. The first-order chi connectivity index (χ1) is 18.4. The summed E-state index contributed by atoms with van der Waals surface area (Å²) in [5, 5.41) is 30.2. The number of non-ortho nitro benzene ring substituents is 1. The van der Waals surface area contributed by atoms with Crippen LogP contribution in [0.5, 0.6) is 5.75 Å². The second kappa shape index (κ2) is 12.9. The van der Waals surface area contributed by atoms with Crippen molar-refractivity contribution in [3.05, 3.63) is 111 Å². The molecular weight excluding hydrogens is 504 g/mol. The molecule has 1 atom stereocenters. The van der Waals surface area contributed by atoms with Gasteiger partial charge in [-0.05, 0) is 29.7 Å². The quantitative estimate of drug-likeness (QED) is 0.125. The summed E-state index contributed by atoms with van der Waals surface area (Å²) in [7, 11) is 0. The lowest BCUT2D eigenvalue weighted by molar-refractivity contribution is -0.384. The molecule has 0 saturated carbocycles. The van der Waals surface area contributed by atoms with Crippen molar-refractivity contribution in [1.82, 2.24) is 14.8 Å². The topological polar surface area (TPSA) is 120 Å². The highest BCUT2D eigenvalue weighted by atomic mass is 32.2. The minimum atomic E-state index is -1.09. The maximum Gasteiger partial charge on any atom is 0.349 e. The molecule has 196 valence electrons. The predicted octanol–water partition coefficient (Wildman–Crippen LogP) is 6.07. The molecule has 0 spiro atoms. The molecule has 0 bridgehead atoms. The van der Waals surface area contributed by atoms with Crippen molar-refractivity contribution in [1.29, 1.82) is 0 Å². The van der Waals surface area contributed by atoms with Crippen LogP contribution in [0.25, 0.3) is 0 Å². The van der Waals surface area contributed by atoms with Gasteiger partial charge in [0.05, 0.1) is 11.5 Å². The summed E-state index contributed by atoms with van der Waals surface area (Å²) in [6, 6.07) is 22.7. The van der Waals surface area contributed by atoms with Gasteiger partial charge >= 0.3 is 5.97 Å². The summed E-state index contributed by atoms with van der Waals surface area (Å²) in [5.74, 6) is 0.911. The number of aryl methyl sites for hydroxylation is 1. The Kier molecular flexibility index (Phi) is 9.10. The van der Waals surface area contributed by atoms with E-state index in [1.807, 2.05) is 18.2 Å². The van der Waals surface area contributed by atoms with Crippen LogP contribution in [0.1, 0.15) is 48.4 Å². The standard InChI is InChI=1S/C28H28N4O5S/c1-2-3-9-25-29-30-28(38-19-21-10-14-23(15-11-21)32(35)36)31(25)18-20-12-16-24(17-13-20)37-26(27(33)34)22-7-5-4-6-8-22/h4-8,10-17,26H,2-3,9,18-19H2,1H3,(H,33,34). The lowest BCUT2D eigenvalue weighted by Gasteiger charge is -2.16. The zero-order valence-electron chi connectivity index (χ0n) is 20.9. The first-order valence-electron chi connectivity index (χ1n) is 12.3. The number of hydrogen-bond acceptors (Lipinski definition) is 7. The molecule has 0 fully saturated rings. The fraction of sp³-hybridized carbons (Fsp3) is 0.250. The van der Waals surface area contributed by atoms with Crippen LogP contribution < -0.4 is 4.74 Å². The molecule has 10 heteroatoms. The number of aromatic nitrogens is 3. The lowest BCUT2D eigenvalue weighted by atomic mass is 10.1. The van der Waals surface area contributed by atoms with E-state index in [0.29, 0.717) is 23.6 Å². The van der Waals surface area contributed by atoms with Crippen LogP contribution in [0.3, 0.4) is 0 Å². The second-order valence-electron chi connectivity index (χ2n) is 8.69. The molecule has 1 heterocycles. The normalized spacial score (nSPS) is 11.7. The van der Waals surface area contributed by atoms with Crippen LogP contribution in [-0.2, 0) is 23.5 Å². The van der Waals surface area contributed by atoms with E-state index in [-0.39, 0.29) is 5.69 Å². The van der Waals surface area contributed by atoms with Gasteiger partial charge < -0.3 is 14.4 Å². The van der Waals surface area contributed by atoms with Crippen LogP contribution in [0.4, 0.5) is 5.69 Å². The number of carbonyl (C=O) groups is 1. The maximum absolute atomic E-state index is 11.8. The number of nitrogens with zero attached hydrogens (tertiary/aromatic N) is 4. The number of aliphatic carboxylic acids is 1. The number of hydrogen-bond donors (Lipinski definition) is 1. The van der Waals surface area contributed by atoms with E-state index in [1.54, 1.807) is 48.5 Å². The summed E-state index contributed by atoms with van der Waals surface area (Å²) in [6.07, 6.45) is 1.74. The molecule has 1 aromatic heterocycles. The van der Waals surface area contributed by atoms with Gasteiger partial charge in [0.15, 0.2) is 5.16 Å². The SMILES string of the molecule is CCCCc1nnc(SCc2ccc([N+](=O)[O-])cc2)n1Cc1ccc(OC(C(=O)O)c2ccccc2)cc1. The maximum atomic E-state index is 11.8. The van der Waals surface area contributed by atoms with Gasteiger partial charge in [0, 0.05) is 29.9 Å². The molecule has 9 nitrogen and oxygen atoms in total. The van der Waals surface area contributed by atoms with Crippen molar-refractivity contribution in [2.75, 3.05) is 0 Å². The van der Waals surface area contributed by atoms with E-state index < -0.39 is 17.0 Å². The Balaban J connectivity index is 1.48. The number of carboxylic acids is 1. The fourth-order valence-electron chi connectivity index (χ4n) is 3.85. The van der Waals surface area contributed by atoms with Crippen molar-refractivity contribution in [3.63, 3.8) is 0 Å². The highest BCUT2D eigenvalue weighted by Gasteiger charge is 2.21. The zero-order valence-corrected chi connectivity index (χ0v) is 21.7. The molecule has 4 rings (SSSR count). The molecule has 3 aromatic carbocycles. The van der Waals surface area contributed by atoms with Crippen LogP contribution >= 0.6 is 11.8 Å². The molecular formula is C28H28N4O5S. The minimum Gasteiger partial charge on any atom is -0.478 e. The van der Waals surface area contributed by atoms with Gasteiger partial charge in [-0.1, -0.05) is 79.7 Å². The van der Waals surface area contributed by atoms with Gasteiger partial charge in [-0.3, -0.25) is 10.1 Å². The third-order valence-corrected chi connectivity index (χ3v) is 6.94. The van der Waals surface area contributed by atoms with Crippen molar-refractivity contribution >= 4 is 23.4 Å². The summed E-state index contributed by atoms with van der Waals surface area (Å²) < 4.78 is 7.88. The Bertz CT molecular complexity index is 1360. The average molecular weight is 533 g/mol. The molecule has 0 radical (unpaired) electrons. The van der Waals surface area contributed by atoms with Gasteiger partial charge in [0.25, 0.3) is 5.69 Å². The van der Waals surface area contributed by atoms with Crippen molar-refractivity contribution in [2.45, 2.75) is 49.7 Å². The van der Waals surface area contributed by atoms with Gasteiger partial charge in [0.1, 0.15) is 11.6 Å². The van der Waals surface area contributed by atoms with E-state index in [4.69, 9.17) is 4.74 Å². The molecule has 4 aromatic rings. The Morgan fingerprint density at radius 3 is 2.34 bits per heavy atom. The molecule has 38 heavy (non-hydrogen) atoms. The molecule has 1 N–H and O–H groups in total. The molecule has 0 amide bonds. The number of carboxylic acid groups (broad SMARTS) is 1. The first-order valence-corrected chi connectivity index (χ1v) is 13.2. The third-order valence-electron chi connectivity index (χ3n) is 5.91. The molecule has 0 aliphatic rings. The number of thioether (sulfide) groups is 1. The molecule has 0 aliphatic carbocycles. The van der Waals surface area contributed by atoms with E-state index >= 15 is 0 Å². The Hall–Kier alpha value is -4.18. The lowest BCUT2D eigenvalue weighted by Crippen LogP contribution is -2.18. The van der Waals surface area contributed by atoms with Gasteiger partial charge in [-0.25, -0.2) is 4.79 Å². The number of unbranched alkanes of at least 4 members (excludes halogenated alkanes) is 1. The Labute approximate surface area is 224 Å². The number of nitro groups is 1. The van der Waals surface area contributed by atoms with Crippen LogP contribution in [-0.4, -0.2) is 30.8 Å². The first kappa shape index (κ1) is 26.9. The summed E-state index contributed by atoms with van der Waals surface area (Å²) in [5.41, 5.74) is 2.59. The van der Waals surface area contributed by atoms with Crippen LogP contribution in [0.15, 0.2) is 84.0 Å². The monoisotopic (exact) mass is 532 g/mol. The van der Waals surface area contributed by atoms with E-state index in [9.17, 15) is 20.0 Å². The summed E-state index contributed by atoms with van der Waals surface area (Å²) in [4.78, 5) is 22.3. The summed E-state index contributed by atoms with van der Waals surface area (Å²) >= 11 is 1.53. The van der Waals surface area contributed by atoms with Gasteiger partial charge in [0.2, 0.25) is 6.10 Å². The highest BCUT2D eigenvalue weighted by Crippen LogP contribution is 2.26. The average Bonchev–Trinajstić information content (AvgIpc) is 3.31. The predicted molar refractivity (Wildman–Crippen MR) is 144 cm³/mol. The zero-order chi connectivity index (χ0) is 26.9.